The van der Waals surface area contributed by atoms with E-state index in [1.54, 1.807) is 6.08 Å². The first-order valence-corrected chi connectivity index (χ1v) is 11.2. The molecule has 1 spiro atoms. The monoisotopic (exact) mass is 419 g/mol. The number of aliphatic hydroxyl groups is 1. The zero-order chi connectivity index (χ0) is 21.5. The summed E-state index contributed by atoms with van der Waals surface area (Å²) in [5.74, 6) is 0.161. The Morgan fingerprint density at radius 1 is 1.23 bits per heavy atom. The van der Waals surface area contributed by atoms with Crippen molar-refractivity contribution in [2.75, 3.05) is 0 Å². The number of rotatable bonds is 9. The molecule has 0 aromatic heterocycles. The number of Topliss-reactive ketones (excluding diaryl/α,β-unsaturated/α-hetero) is 1. The smallest absolute Gasteiger partial charge is 0.244 e. The van der Waals surface area contributed by atoms with E-state index in [0.29, 0.717) is 12.3 Å². The number of carbonyl (C=O) groups excluding carboxylic acids is 2. The summed E-state index contributed by atoms with van der Waals surface area (Å²) in [6.07, 6.45) is 9.12. The van der Waals surface area contributed by atoms with Crippen molar-refractivity contribution in [2.24, 2.45) is 5.92 Å². The number of amides is 1. The SMILES string of the molecule is CCCCCCC(C)C=C(C)C=CC(=O)NC1CC2(OC1O)C1OC1C(=O)C1OC12. The molecule has 7 atom stereocenters. The number of unbranched alkanes of at least 4 members (excludes halogenated alkanes) is 3. The summed E-state index contributed by atoms with van der Waals surface area (Å²) in [4.78, 5) is 24.3. The highest BCUT2D eigenvalue weighted by molar-refractivity contribution is 5.94. The van der Waals surface area contributed by atoms with E-state index in [-0.39, 0.29) is 23.9 Å². The molecule has 3 aliphatic heterocycles. The lowest BCUT2D eigenvalue weighted by molar-refractivity contribution is -0.159. The van der Waals surface area contributed by atoms with Crippen molar-refractivity contribution in [1.82, 2.24) is 5.32 Å². The average Bonchev–Trinajstić information content (AvgIpc) is 3.60. The molecule has 1 aliphatic carbocycles. The van der Waals surface area contributed by atoms with Crippen LogP contribution in [0.4, 0.5) is 0 Å². The second-order valence-electron chi connectivity index (χ2n) is 9.21. The molecule has 1 amide bonds. The zero-order valence-electron chi connectivity index (χ0n) is 18.0. The molecule has 1 saturated carbocycles. The minimum Gasteiger partial charge on any atom is -0.366 e. The van der Waals surface area contributed by atoms with Gasteiger partial charge >= 0.3 is 0 Å². The molecule has 0 aromatic carbocycles. The average molecular weight is 420 g/mol. The highest BCUT2D eigenvalue weighted by atomic mass is 16.7. The van der Waals surface area contributed by atoms with Crippen LogP contribution in [0, 0.1) is 5.92 Å². The number of ketones is 1. The fraction of sp³-hybridized carbons (Fsp3) is 0.739. The zero-order valence-corrected chi connectivity index (χ0v) is 18.0. The predicted molar refractivity (Wildman–Crippen MR) is 110 cm³/mol. The van der Waals surface area contributed by atoms with Crippen molar-refractivity contribution >= 4 is 11.7 Å². The number of epoxide rings is 2. The second-order valence-corrected chi connectivity index (χ2v) is 9.21. The predicted octanol–water partition coefficient (Wildman–Crippen LogP) is 2.18. The van der Waals surface area contributed by atoms with Gasteiger partial charge in [0, 0.05) is 12.5 Å². The molecule has 166 valence electrons. The van der Waals surface area contributed by atoms with Gasteiger partial charge in [0.15, 0.2) is 12.1 Å². The van der Waals surface area contributed by atoms with E-state index in [4.69, 9.17) is 14.2 Å². The minimum absolute atomic E-state index is 0.0361. The topological polar surface area (TPSA) is 101 Å². The van der Waals surface area contributed by atoms with E-state index in [0.717, 1.165) is 12.0 Å². The Kier molecular flexibility index (Phi) is 6.17. The summed E-state index contributed by atoms with van der Waals surface area (Å²) < 4.78 is 16.8. The largest absolute Gasteiger partial charge is 0.366 e. The number of fused-ring (bicyclic) bond motifs is 4. The van der Waals surface area contributed by atoms with E-state index >= 15 is 0 Å². The molecule has 0 bridgehead atoms. The number of hydrogen-bond acceptors (Lipinski definition) is 6. The van der Waals surface area contributed by atoms with Gasteiger partial charge in [-0.25, -0.2) is 0 Å². The Morgan fingerprint density at radius 3 is 2.60 bits per heavy atom. The van der Waals surface area contributed by atoms with E-state index in [1.807, 2.05) is 6.92 Å². The Bertz CT molecular complexity index is 726. The molecule has 4 rings (SSSR count). The summed E-state index contributed by atoms with van der Waals surface area (Å²) in [6, 6.07) is -0.563. The summed E-state index contributed by atoms with van der Waals surface area (Å²) in [5.41, 5.74) is 0.204. The Labute approximate surface area is 177 Å². The number of hydrogen-bond donors (Lipinski definition) is 2. The molecule has 30 heavy (non-hydrogen) atoms. The molecular weight excluding hydrogens is 386 g/mol. The summed E-state index contributed by atoms with van der Waals surface area (Å²) >= 11 is 0. The van der Waals surface area contributed by atoms with Gasteiger partial charge in [-0.2, -0.15) is 0 Å². The third-order valence-corrected chi connectivity index (χ3v) is 6.62. The number of ether oxygens (including phenoxy) is 3. The van der Waals surface area contributed by atoms with Gasteiger partial charge in [0.2, 0.25) is 5.91 Å². The van der Waals surface area contributed by atoms with Crippen LogP contribution < -0.4 is 5.32 Å². The molecule has 3 saturated heterocycles. The molecule has 3 heterocycles. The van der Waals surface area contributed by atoms with Crippen LogP contribution in [-0.4, -0.2) is 59.1 Å². The molecule has 7 unspecified atom stereocenters. The van der Waals surface area contributed by atoms with Crippen molar-refractivity contribution in [1.29, 1.82) is 0 Å². The second kappa shape index (κ2) is 8.54. The van der Waals surface area contributed by atoms with Gasteiger partial charge in [-0.1, -0.05) is 57.3 Å². The maximum atomic E-state index is 12.4. The van der Waals surface area contributed by atoms with Crippen molar-refractivity contribution in [3.8, 4) is 0 Å². The van der Waals surface area contributed by atoms with Gasteiger partial charge in [-0.05, 0) is 19.3 Å². The fourth-order valence-corrected chi connectivity index (χ4v) is 4.93. The lowest BCUT2D eigenvalue weighted by Crippen LogP contribution is -2.49. The molecule has 7 heteroatoms. The van der Waals surface area contributed by atoms with Gasteiger partial charge in [0.05, 0.1) is 6.04 Å². The lowest BCUT2D eigenvalue weighted by atomic mass is 9.81. The molecule has 7 nitrogen and oxygen atoms in total. The van der Waals surface area contributed by atoms with Crippen molar-refractivity contribution < 1.29 is 28.9 Å². The standard InChI is InChI=1S/C23H33NO6/c1-4-5-6-7-8-13(2)11-14(3)9-10-16(25)24-15-12-23(30-22(15)27)20-18(28-20)17(26)19-21(23)29-19/h9-11,13,15,18-22,27H,4-8,12H2,1-3H3,(H,24,25). The van der Waals surface area contributed by atoms with Gasteiger partial charge in [-0.3, -0.25) is 9.59 Å². The maximum absolute atomic E-state index is 12.4. The summed E-state index contributed by atoms with van der Waals surface area (Å²) in [6.45, 7) is 6.40. The molecule has 4 aliphatic rings. The molecule has 0 radical (unpaired) electrons. The van der Waals surface area contributed by atoms with Gasteiger partial charge in [-0.15, -0.1) is 0 Å². The van der Waals surface area contributed by atoms with Crippen molar-refractivity contribution in [3.63, 3.8) is 0 Å². The van der Waals surface area contributed by atoms with Crippen LogP contribution in [0.25, 0.3) is 0 Å². The molecule has 0 aromatic rings. The Hall–Kier alpha value is -1.54. The van der Waals surface area contributed by atoms with Crippen molar-refractivity contribution in [3.05, 3.63) is 23.8 Å². The normalized spacial score (nSPS) is 40.4. The molecule has 2 N–H and O–H groups in total. The third-order valence-electron chi connectivity index (χ3n) is 6.62. The minimum atomic E-state index is -1.15. The highest BCUT2D eigenvalue weighted by Gasteiger charge is 2.79. The Morgan fingerprint density at radius 2 is 1.93 bits per heavy atom. The van der Waals surface area contributed by atoms with Crippen LogP contribution in [0.5, 0.6) is 0 Å². The first kappa shape index (κ1) is 21.7. The number of allylic oxidation sites excluding steroid dienone is 3. The van der Waals surface area contributed by atoms with Crippen molar-refractivity contribution in [2.45, 2.75) is 102 Å². The third kappa shape index (κ3) is 4.26. The van der Waals surface area contributed by atoms with Gasteiger partial charge in [0.25, 0.3) is 0 Å². The van der Waals surface area contributed by atoms with Crippen LogP contribution in [0.1, 0.15) is 59.3 Å². The lowest BCUT2D eigenvalue weighted by Gasteiger charge is -2.26. The first-order chi connectivity index (χ1) is 14.4. The first-order valence-electron chi connectivity index (χ1n) is 11.2. The van der Waals surface area contributed by atoms with Gasteiger partial charge < -0.3 is 24.6 Å². The van der Waals surface area contributed by atoms with E-state index < -0.39 is 30.1 Å². The summed E-state index contributed by atoms with van der Waals surface area (Å²) in [7, 11) is 0. The quantitative estimate of drug-likeness (QED) is 0.257. The van der Waals surface area contributed by atoms with Crippen LogP contribution in [0.15, 0.2) is 23.8 Å². The molecular formula is C23H33NO6. The maximum Gasteiger partial charge on any atom is 0.244 e. The van der Waals surface area contributed by atoms with Crippen LogP contribution in [0.2, 0.25) is 0 Å². The van der Waals surface area contributed by atoms with Crippen LogP contribution >= 0.6 is 0 Å². The van der Waals surface area contributed by atoms with Crippen LogP contribution in [0.3, 0.4) is 0 Å². The number of aliphatic hydroxyl groups excluding tert-OH is 1. The van der Waals surface area contributed by atoms with Gasteiger partial charge in [0.1, 0.15) is 30.0 Å². The number of carbonyl (C=O) groups is 2. The fourth-order valence-electron chi connectivity index (χ4n) is 4.93. The summed E-state index contributed by atoms with van der Waals surface area (Å²) in [5, 5.41) is 13.2. The van der Waals surface area contributed by atoms with E-state index in [2.05, 4.69) is 25.2 Å². The van der Waals surface area contributed by atoms with E-state index in [9.17, 15) is 14.7 Å². The highest BCUT2D eigenvalue weighted by Crippen LogP contribution is 2.57. The molecule has 4 fully saturated rings. The number of nitrogens with one attached hydrogen (secondary N) is 1. The van der Waals surface area contributed by atoms with Crippen LogP contribution in [-0.2, 0) is 23.8 Å². The Balaban J connectivity index is 1.26. The van der Waals surface area contributed by atoms with E-state index in [1.165, 1.54) is 31.8 Å².